The second-order valence-corrected chi connectivity index (χ2v) is 5.95. The van der Waals surface area contributed by atoms with Crippen LogP contribution in [0, 0.1) is 6.92 Å². The average Bonchev–Trinajstić information content (AvgIpc) is 2.60. The molecule has 2 N–H and O–H groups in total. The lowest BCUT2D eigenvalue weighted by Gasteiger charge is -2.17. The van der Waals surface area contributed by atoms with Crippen molar-refractivity contribution in [3.05, 3.63) is 65.7 Å². The number of carbonyl (C=O) groups excluding carboxylic acids is 3. The molecule has 0 fully saturated rings. The van der Waals surface area contributed by atoms with Crippen molar-refractivity contribution in [2.24, 2.45) is 0 Å². The molecule has 1 atom stereocenters. The number of aryl methyl sites for hydroxylation is 1. The molecule has 2 rings (SSSR count). The number of benzene rings is 2. The molecule has 136 valence electrons. The number of hydrogen-bond acceptors (Lipinski definition) is 4. The molecule has 2 aromatic rings. The highest BCUT2D eigenvalue weighted by Gasteiger charge is 2.18. The van der Waals surface area contributed by atoms with Crippen molar-refractivity contribution in [3.8, 4) is 0 Å². The van der Waals surface area contributed by atoms with E-state index < -0.39 is 17.9 Å². The lowest BCUT2D eigenvalue weighted by Crippen LogP contribution is -2.29. The van der Waals surface area contributed by atoms with Gasteiger partial charge in [-0.15, -0.1) is 0 Å². The highest BCUT2D eigenvalue weighted by atomic mass is 16.5. The molecule has 0 aliphatic rings. The molecule has 2 amide bonds. The van der Waals surface area contributed by atoms with Gasteiger partial charge in [-0.05, 0) is 30.2 Å². The summed E-state index contributed by atoms with van der Waals surface area (Å²) < 4.78 is 5.04. The summed E-state index contributed by atoms with van der Waals surface area (Å²) in [5, 5.41) is 5.39. The van der Waals surface area contributed by atoms with Crippen LogP contribution in [0.2, 0.25) is 0 Å². The molecular weight excluding hydrogens is 332 g/mol. The van der Waals surface area contributed by atoms with E-state index in [1.165, 1.54) is 6.92 Å². The van der Waals surface area contributed by atoms with Crippen LogP contribution in [-0.4, -0.2) is 24.4 Å². The molecule has 0 heterocycles. The highest BCUT2D eigenvalue weighted by Crippen LogP contribution is 2.17. The normalized spacial score (nSPS) is 11.3. The van der Waals surface area contributed by atoms with Gasteiger partial charge in [-0.3, -0.25) is 14.4 Å². The molecule has 0 aliphatic carbocycles. The van der Waals surface area contributed by atoms with E-state index >= 15 is 0 Å². The first kappa shape index (κ1) is 19.2. The fourth-order valence-corrected chi connectivity index (χ4v) is 2.47. The third kappa shape index (κ3) is 6.39. The van der Waals surface area contributed by atoms with Crippen LogP contribution in [0.4, 0.5) is 5.69 Å². The van der Waals surface area contributed by atoms with Gasteiger partial charge in [0, 0.05) is 12.6 Å². The standard InChI is InChI=1S/C20H22N2O4/c1-14-7-6-10-17(11-14)22-19(24)13-26-20(25)12-18(21-15(2)23)16-8-4-3-5-9-16/h3-11,18H,12-13H2,1-2H3,(H,21,23)(H,22,24)/t18-/m1/s1. The predicted molar refractivity (Wildman–Crippen MR) is 98.4 cm³/mol. The van der Waals surface area contributed by atoms with Gasteiger partial charge >= 0.3 is 5.97 Å². The minimum Gasteiger partial charge on any atom is -0.455 e. The van der Waals surface area contributed by atoms with Gasteiger partial charge in [0.25, 0.3) is 5.91 Å². The first-order valence-corrected chi connectivity index (χ1v) is 8.28. The Morgan fingerprint density at radius 2 is 1.77 bits per heavy atom. The molecule has 26 heavy (non-hydrogen) atoms. The lowest BCUT2D eigenvalue weighted by molar-refractivity contribution is -0.148. The summed E-state index contributed by atoms with van der Waals surface area (Å²) >= 11 is 0. The molecule has 0 aromatic heterocycles. The monoisotopic (exact) mass is 354 g/mol. The van der Waals surface area contributed by atoms with Gasteiger partial charge in [0.15, 0.2) is 6.61 Å². The fraction of sp³-hybridized carbons (Fsp3) is 0.250. The quantitative estimate of drug-likeness (QED) is 0.749. The van der Waals surface area contributed by atoms with Crippen molar-refractivity contribution in [3.63, 3.8) is 0 Å². The van der Waals surface area contributed by atoms with Crippen molar-refractivity contribution in [2.45, 2.75) is 26.3 Å². The number of ether oxygens (including phenoxy) is 1. The maximum absolute atomic E-state index is 12.1. The van der Waals surface area contributed by atoms with Gasteiger partial charge in [-0.2, -0.15) is 0 Å². The summed E-state index contributed by atoms with van der Waals surface area (Å²) in [6, 6.07) is 16.0. The van der Waals surface area contributed by atoms with Gasteiger partial charge in [0.1, 0.15) is 0 Å². The topological polar surface area (TPSA) is 84.5 Å². The zero-order valence-electron chi connectivity index (χ0n) is 14.8. The van der Waals surface area contributed by atoms with Gasteiger partial charge in [-0.1, -0.05) is 42.5 Å². The first-order valence-electron chi connectivity index (χ1n) is 8.28. The number of hydrogen-bond donors (Lipinski definition) is 2. The summed E-state index contributed by atoms with van der Waals surface area (Å²) in [4.78, 5) is 35.3. The van der Waals surface area contributed by atoms with E-state index in [1.807, 2.05) is 55.5 Å². The molecule has 2 aromatic carbocycles. The average molecular weight is 354 g/mol. The van der Waals surface area contributed by atoms with E-state index in [2.05, 4.69) is 10.6 Å². The Morgan fingerprint density at radius 1 is 1.04 bits per heavy atom. The Labute approximate surface area is 152 Å². The third-order valence-electron chi connectivity index (χ3n) is 3.62. The van der Waals surface area contributed by atoms with Crippen LogP contribution in [0.5, 0.6) is 0 Å². The molecule has 6 nitrogen and oxygen atoms in total. The SMILES string of the molecule is CC(=O)N[C@H](CC(=O)OCC(=O)Nc1cccc(C)c1)c1ccccc1. The van der Waals surface area contributed by atoms with Gasteiger partial charge in [0.05, 0.1) is 12.5 Å². The Hall–Kier alpha value is -3.15. The third-order valence-corrected chi connectivity index (χ3v) is 3.62. The van der Waals surface area contributed by atoms with Crippen LogP contribution in [0.1, 0.15) is 30.5 Å². The molecule has 6 heteroatoms. The van der Waals surface area contributed by atoms with E-state index in [9.17, 15) is 14.4 Å². The molecule has 0 bridgehead atoms. The first-order chi connectivity index (χ1) is 12.4. The van der Waals surface area contributed by atoms with Crippen LogP contribution in [0.25, 0.3) is 0 Å². The minimum atomic E-state index is -0.563. The van der Waals surface area contributed by atoms with Crippen molar-refractivity contribution < 1.29 is 19.1 Å². The Kier molecular flexibility index (Phi) is 6.91. The van der Waals surface area contributed by atoms with Crippen LogP contribution >= 0.6 is 0 Å². The number of carbonyl (C=O) groups is 3. The summed E-state index contributed by atoms with van der Waals surface area (Å²) in [5.41, 5.74) is 2.45. The summed E-state index contributed by atoms with van der Waals surface area (Å²) in [5.74, 6) is -1.23. The Morgan fingerprint density at radius 3 is 2.42 bits per heavy atom. The van der Waals surface area contributed by atoms with Crippen LogP contribution in [-0.2, 0) is 19.1 Å². The Balaban J connectivity index is 1.87. The second kappa shape index (κ2) is 9.36. The molecule has 0 spiro atoms. The van der Waals surface area contributed by atoms with Crippen molar-refractivity contribution >= 4 is 23.5 Å². The maximum atomic E-state index is 12.1. The van der Waals surface area contributed by atoms with Gasteiger partial charge < -0.3 is 15.4 Å². The summed E-state index contributed by atoms with van der Waals surface area (Å²) in [6.45, 7) is 2.92. The molecule has 0 saturated carbocycles. The fourth-order valence-electron chi connectivity index (χ4n) is 2.47. The van der Waals surface area contributed by atoms with E-state index in [1.54, 1.807) is 6.07 Å². The smallest absolute Gasteiger partial charge is 0.308 e. The number of nitrogens with one attached hydrogen (secondary N) is 2. The molecule has 0 aliphatic heterocycles. The van der Waals surface area contributed by atoms with Crippen LogP contribution in [0.3, 0.4) is 0 Å². The van der Waals surface area contributed by atoms with E-state index in [0.29, 0.717) is 5.69 Å². The summed E-state index contributed by atoms with van der Waals surface area (Å²) in [7, 11) is 0. The zero-order chi connectivity index (χ0) is 18.9. The van der Waals surface area contributed by atoms with E-state index in [-0.39, 0.29) is 18.9 Å². The van der Waals surface area contributed by atoms with Crippen molar-refractivity contribution in [1.29, 1.82) is 0 Å². The van der Waals surface area contributed by atoms with E-state index in [0.717, 1.165) is 11.1 Å². The largest absolute Gasteiger partial charge is 0.455 e. The number of rotatable bonds is 7. The Bertz CT molecular complexity index is 774. The zero-order valence-corrected chi connectivity index (χ0v) is 14.8. The molecular formula is C20H22N2O4. The van der Waals surface area contributed by atoms with E-state index in [4.69, 9.17) is 4.74 Å². The van der Waals surface area contributed by atoms with Crippen LogP contribution < -0.4 is 10.6 Å². The van der Waals surface area contributed by atoms with Crippen LogP contribution in [0.15, 0.2) is 54.6 Å². The molecule has 0 saturated heterocycles. The minimum absolute atomic E-state index is 0.0542. The van der Waals surface area contributed by atoms with Crippen molar-refractivity contribution in [1.82, 2.24) is 5.32 Å². The second-order valence-electron chi connectivity index (χ2n) is 5.95. The number of anilines is 1. The molecule has 0 radical (unpaired) electrons. The highest BCUT2D eigenvalue weighted by molar-refractivity contribution is 5.92. The number of amides is 2. The lowest BCUT2D eigenvalue weighted by atomic mass is 10.0. The summed E-state index contributed by atoms with van der Waals surface area (Å²) in [6.07, 6.45) is -0.0542. The van der Waals surface area contributed by atoms with Gasteiger partial charge in [0.2, 0.25) is 5.91 Å². The molecule has 0 unspecified atom stereocenters. The maximum Gasteiger partial charge on any atom is 0.308 e. The number of esters is 1. The predicted octanol–water partition coefficient (Wildman–Crippen LogP) is 2.74. The van der Waals surface area contributed by atoms with Gasteiger partial charge in [-0.25, -0.2) is 0 Å². The van der Waals surface area contributed by atoms with Crippen molar-refractivity contribution in [2.75, 3.05) is 11.9 Å².